The van der Waals surface area contributed by atoms with Gasteiger partial charge in [-0.3, -0.25) is 0 Å². The first-order valence-electron chi connectivity index (χ1n) is 4.88. The largest absolute Gasteiger partial charge is 0.467 e. The smallest absolute Gasteiger partial charge is 0.126 e. The molecule has 0 saturated carbocycles. The zero-order valence-corrected chi connectivity index (χ0v) is 9.51. The van der Waals surface area contributed by atoms with Crippen molar-refractivity contribution < 1.29 is 8.81 Å². The summed E-state index contributed by atoms with van der Waals surface area (Å²) in [6.45, 7) is 2.47. The van der Waals surface area contributed by atoms with E-state index in [4.69, 9.17) is 16.0 Å². The molecule has 84 valence electrons. The highest BCUT2D eigenvalue weighted by Gasteiger charge is 2.03. The predicted molar refractivity (Wildman–Crippen MR) is 62.2 cm³/mol. The lowest BCUT2D eigenvalue weighted by molar-refractivity contribution is 0.515. The zero-order valence-electron chi connectivity index (χ0n) is 8.76. The Bertz CT molecular complexity index is 475. The third-order valence-corrected chi connectivity index (χ3v) is 2.50. The molecule has 16 heavy (non-hydrogen) atoms. The number of benzene rings is 1. The normalized spacial score (nSPS) is 10.4. The van der Waals surface area contributed by atoms with Crippen molar-refractivity contribution in [2.75, 3.05) is 5.32 Å². The summed E-state index contributed by atoms with van der Waals surface area (Å²) < 4.78 is 18.3. The molecule has 1 aromatic carbocycles. The first kappa shape index (κ1) is 11.0. The maximum absolute atomic E-state index is 13.0. The lowest BCUT2D eigenvalue weighted by Crippen LogP contribution is -1.99. The van der Waals surface area contributed by atoms with Gasteiger partial charge in [-0.25, -0.2) is 4.39 Å². The second-order valence-electron chi connectivity index (χ2n) is 3.54. The van der Waals surface area contributed by atoms with E-state index in [9.17, 15) is 4.39 Å². The van der Waals surface area contributed by atoms with E-state index in [1.54, 1.807) is 12.3 Å². The maximum Gasteiger partial charge on any atom is 0.126 e. The number of rotatable bonds is 3. The minimum Gasteiger partial charge on any atom is -0.467 e. The number of aryl methyl sites for hydroxylation is 1. The second-order valence-corrected chi connectivity index (χ2v) is 3.97. The predicted octanol–water partition coefficient (Wildman–Crippen LogP) is 3.99. The minimum atomic E-state index is -0.355. The fourth-order valence-corrected chi connectivity index (χ4v) is 1.65. The molecule has 0 atom stereocenters. The standard InChI is InChI=1S/C12H11ClFNO/c1-8-2-3-16-12(8)7-15-11-5-9(13)4-10(14)6-11/h2-6,15H,7H2,1H3. The van der Waals surface area contributed by atoms with Crippen molar-refractivity contribution >= 4 is 17.3 Å². The zero-order chi connectivity index (χ0) is 11.5. The van der Waals surface area contributed by atoms with Crippen molar-refractivity contribution in [3.8, 4) is 0 Å². The molecule has 0 spiro atoms. The van der Waals surface area contributed by atoms with Crippen molar-refractivity contribution in [3.63, 3.8) is 0 Å². The van der Waals surface area contributed by atoms with Gasteiger partial charge in [-0.2, -0.15) is 0 Å². The topological polar surface area (TPSA) is 25.2 Å². The SMILES string of the molecule is Cc1ccoc1CNc1cc(F)cc(Cl)c1. The van der Waals surface area contributed by atoms with Crippen LogP contribution in [-0.2, 0) is 6.54 Å². The molecule has 0 radical (unpaired) electrons. The van der Waals surface area contributed by atoms with E-state index in [0.29, 0.717) is 17.3 Å². The monoisotopic (exact) mass is 239 g/mol. The first-order chi connectivity index (χ1) is 7.65. The molecule has 2 rings (SSSR count). The molecule has 0 saturated heterocycles. The summed E-state index contributed by atoms with van der Waals surface area (Å²) in [6.07, 6.45) is 1.63. The molecule has 1 aromatic heterocycles. The van der Waals surface area contributed by atoms with Crippen molar-refractivity contribution in [2.24, 2.45) is 0 Å². The fourth-order valence-electron chi connectivity index (χ4n) is 1.42. The van der Waals surface area contributed by atoms with E-state index < -0.39 is 0 Å². The number of furan rings is 1. The Balaban J connectivity index is 2.07. The highest BCUT2D eigenvalue weighted by Crippen LogP contribution is 2.19. The number of hydrogen-bond donors (Lipinski definition) is 1. The molecule has 0 fully saturated rings. The van der Waals surface area contributed by atoms with Gasteiger partial charge in [0.25, 0.3) is 0 Å². The van der Waals surface area contributed by atoms with Gasteiger partial charge in [-0.1, -0.05) is 11.6 Å². The third kappa shape index (κ3) is 2.55. The molecular formula is C12H11ClFNO. The number of halogens is 2. The Labute approximate surface area is 98.0 Å². The van der Waals surface area contributed by atoms with Gasteiger partial charge in [0.05, 0.1) is 12.8 Å². The molecule has 0 amide bonds. The average Bonchev–Trinajstić information content (AvgIpc) is 2.59. The summed E-state index contributed by atoms with van der Waals surface area (Å²) >= 11 is 5.74. The average molecular weight is 240 g/mol. The molecule has 0 bridgehead atoms. The van der Waals surface area contributed by atoms with Gasteiger partial charge in [0, 0.05) is 10.7 Å². The van der Waals surface area contributed by atoms with Crippen molar-refractivity contribution in [1.29, 1.82) is 0 Å². The highest BCUT2D eigenvalue weighted by molar-refractivity contribution is 6.30. The van der Waals surface area contributed by atoms with E-state index in [0.717, 1.165) is 11.3 Å². The summed E-state index contributed by atoms with van der Waals surface area (Å²) in [4.78, 5) is 0. The molecule has 0 aliphatic rings. The van der Waals surface area contributed by atoms with Gasteiger partial charge in [-0.05, 0) is 36.8 Å². The Morgan fingerprint density at radius 3 is 2.81 bits per heavy atom. The quantitative estimate of drug-likeness (QED) is 0.876. The summed E-state index contributed by atoms with van der Waals surface area (Å²) in [5.41, 5.74) is 1.70. The summed E-state index contributed by atoms with van der Waals surface area (Å²) in [5, 5.41) is 3.43. The van der Waals surface area contributed by atoms with E-state index in [2.05, 4.69) is 5.32 Å². The van der Waals surface area contributed by atoms with Gasteiger partial charge >= 0.3 is 0 Å². The van der Waals surface area contributed by atoms with Crippen LogP contribution < -0.4 is 5.32 Å². The van der Waals surface area contributed by atoms with Gasteiger partial charge in [0.2, 0.25) is 0 Å². The maximum atomic E-state index is 13.0. The Morgan fingerprint density at radius 2 is 2.19 bits per heavy atom. The van der Waals surface area contributed by atoms with Crippen LogP contribution in [0.1, 0.15) is 11.3 Å². The van der Waals surface area contributed by atoms with Crippen LogP contribution in [0.25, 0.3) is 0 Å². The van der Waals surface area contributed by atoms with Crippen molar-refractivity contribution in [1.82, 2.24) is 0 Å². The lowest BCUT2D eigenvalue weighted by atomic mass is 10.2. The van der Waals surface area contributed by atoms with E-state index >= 15 is 0 Å². The van der Waals surface area contributed by atoms with Crippen LogP contribution in [0.5, 0.6) is 0 Å². The highest BCUT2D eigenvalue weighted by atomic mass is 35.5. The van der Waals surface area contributed by atoms with Crippen molar-refractivity contribution in [3.05, 3.63) is 52.7 Å². The van der Waals surface area contributed by atoms with E-state index in [1.165, 1.54) is 12.1 Å². The minimum absolute atomic E-state index is 0.355. The lowest BCUT2D eigenvalue weighted by Gasteiger charge is -2.05. The summed E-state index contributed by atoms with van der Waals surface area (Å²) in [6, 6.07) is 6.22. The Hall–Kier alpha value is -1.48. The molecule has 2 aromatic rings. The van der Waals surface area contributed by atoms with Crippen molar-refractivity contribution in [2.45, 2.75) is 13.5 Å². The van der Waals surface area contributed by atoms with E-state index in [1.807, 2.05) is 13.0 Å². The number of hydrogen-bond acceptors (Lipinski definition) is 2. The Kier molecular flexibility index (Phi) is 3.15. The van der Waals surface area contributed by atoms with Crippen LogP contribution in [0.2, 0.25) is 5.02 Å². The van der Waals surface area contributed by atoms with Crippen LogP contribution in [0.15, 0.2) is 34.9 Å². The van der Waals surface area contributed by atoms with Crippen LogP contribution in [0.4, 0.5) is 10.1 Å². The molecule has 1 heterocycles. The molecule has 2 nitrogen and oxygen atoms in total. The van der Waals surface area contributed by atoms with Gasteiger partial charge in [0.15, 0.2) is 0 Å². The molecular weight excluding hydrogens is 229 g/mol. The Morgan fingerprint density at radius 1 is 1.38 bits per heavy atom. The van der Waals surface area contributed by atoms with E-state index in [-0.39, 0.29) is 5.82 Å². The van der Waals surface area contributed by atoms with Gasteiger partial charge < -0.3 is 9.73 Å². The summed E-state index contributed by atoms with van der Waals surface area (Å²) in [5.74, 6) is 0.478. The molecule has 0 unspecified atom stereocenters. The van der Waals surface area contributed by atoms with Crippen LogP contribution >= 0.6 is 11.6 Å². The molecule has 1 N–H and O–H groups in total. The molecule has 0 aliphatic heterocycles. The van der Waals surface area contributed by atoms with Gasteiger partial charge in [-0.15, -0.1) is 0 Å². The molecule has 4 heteroatoms. The number of anilines is 1. The number of nitrogens with one attached hydrogen (secondary N) is 1. The van der Waals surface area contributed by atoms with Crippen LogP contribution in [0, 0.1) is 12.7 Å². The summed E-state index contributed by atoms with van der Waals surface area (Å²) in [7, 11) is 0. The molecule has 0 aliphatic carbocycles. The fraction of sp³-hybridized carbons (Fsp3) is 0.167. The first-order valence-corrected chi connectivity index (χ1v) is 5.26. The van der Waals surface area contributed by atoms with Crippen LogP contribution in [0.3, 0.4) is 0 Å². The van der Waals surface area contributed by atoms with Crippen LogP contribution in [-0.4, -0.2) is 0 Å². The third-order valence-electron chi connectivity index (χ3n) is 2.28. The van der Waals surface area contributed by atoms with Gasteiger partial charge in [0.1, 0.15) is 11.6 Å². The second kappa shape index (κ2) is 4.58.